The Morgan fingerprint density at radius 1 is 1.20 bits per heavy atom. The largest absolute Gasteiger partial charge is 0.497 e. The Kier molecular flexibility index (Phi) is 4.17. The molecule has 1 aromatic heterocycles. The van der Waals surface area contributed by atoms with Crippen molar-refractivity contribution in [1.29, 1.82) is 0 Å². The third-order valence-electron chi connectivity index (χ3n) is 4.53. The van der Waals surface area contributed by atoms with Crippen molar-refractivity contribution in [1.82, 2.24) is 10.3 Å². The van der Waals surface area contributed by atoms with Gasteiger partial charge in [-0.3, -0.25) is 14.9 Å². The van der Waals surface area contributed by atoms with Crippen LogP contribution >= 0.6 is 11.3 Å². The fraction of sp³-hybridized carbons (Fsp3) is 0.389. The Balaban J connectivity index is 1.45. The molecule has 0 aliphatic heterocycles. The van der Waals surface area contributed by atoms with Crippen LogP contribution < -0.4 is 15.4 Å². The van der Waals surface area contributed by atoms with E-state index in [4.69, 9.17) is 4.74 Å². The summed E-state index contributed by atoms with van der Waals surface area (Å²) in [5.41, 5.74) is 1.37. The molecule has 0 saturated heterocycles. The highest BCUT2D eigenvalue weighted by Crippen LogP contribution is 2.39. The number of rotatable bonds is 5. The fourth-order valence-corrected chi connectivity index (χ4v) is 4.01. The standard InChI is InChI=1S/C18H19N3O3S/c1-24-12-6-2-10(3-7-12)16(22)21-18-20-15-13(8-9-14(15)25-18)17(23)19-11-4-5-11/h2-3,6-7,11,13H,4-5,8-9H2,1H3,(H,19,23)(H,20,21,22)/t13-/m0/s1. The summed E-state index contributed by atoms with van der Waals surface area (Å²) < 4.78 is 5.09. The van der Waals surface area contributed by atoms with Gasteiger partial charge in [0.05, 0.1) is 18.7 Å². The number of thiazole rings is 1. The monoisotopic (exact) mass is 357 g/mol. The molecule has 0 bridgehead atoms. The van der Waals surface area contributed by atoms with E-state index in [-0.39, 0.29) is 17.7 Å². The number of aromatic nitrogens is 1. The first-order valence-corrected chi connectivity index (χ1v) is 9.21. The van der Waals surface area contributed by atoms with Gasteiger partial charge in [-0.15, -0.1) is 11.3 Å². The fourth-order valence-electron chi connectivity index (χ4n) is 2.98. The molecule has 2 aliphatic rings. The van der Waals surface area contributed by atoms with Crippen LogP contribution in [-0.2, 0) is 11.2 Å². The highest BCUT2D eigenvalue weighted by molar-refractivity contribution is 7.16. The molecule has 6 nitrogen and oxygen atoms in total. The van der Waals surface area contributed by atoms with Gasteiger partial charge in [-0.05, 0) is 49.9 Å². The predicted octanol–water partition coefficient (Wildman–Crippen LogP) is 2.71. The molecule has 0 spiro atoms. The highest BCUT2D eigenvalue weighted by atomic mass is 32.1. The maximum atomic E-state index is 12.3. The van der Waals surface area contributed by atoms with E-state index in [0.717, 1.165) is 36.3 Å². The van der Waals surface area contributed by atoms with E-state index >= 15 is 0 Å². The summed E-state index contributed by atoms with van der Waals surface area (Å²) in [6.45, 7) is 0. The number of hydrogen-bond acceptors (Lipinski definition) is 5. The molecular formula is C18H19N3O3S. The number of carbonyl (C=O) groups excluding carboxylic acids is 2. The maximum Gasteiger partial charge on any atom is 0.257 e. The summed E-state index contributed by atoms with van der Waals surface area (Å²) in [5.74, 6) is 0.376. The van der Waals surface area contributed by atoms with Crippen LogP contribution in [-0.4, -0.2) is 29.9 Å². The SMILES string of the molecule is COc1ccc(C(=O)Nc2nc3c(s2)CC[C@@H]3C(=O)NC2CC2)cc1. The van der Waals surface area contributed by atoms with Gasteiger partial charge in [-0.1, -0.05) is 0 Å². The smallest absolute Gasteiger partial charge is 0.257 e. The van der Waals surface area contributed by atoms with Crippen molar-refractivity contribution in [3.05, 3.63) is 40.4 Å². The van der Waals surface area contributed by atoms with E-state index in [1.54, 1.807) is 31.4 Å². The molecule has 0 radical (unpaired) electrons. The Morgan fingerprint density at radius 2 is 1.96 bits per heavy atom. The number of fused-ring (bicyclic) bond motifs is 1. The van der Waals surface area contributed by atoms with Gasteiger partial charge in [0.15, 0.2) is 5.13 Å². The van der Waals surface area contributed by atoms with Crippen LogP contribution in [0, 0.1) is 0 Å². The van der Waals surface area contributed by atoms with Crippen LogP contribution in [0.4, 0.5) is 5.13 Å². The number of nitrogens with zero attached hydrogens (tertiary/aromatic N) is 1. The number of aryl methyl sites for hydroxylation is 1. The Morgan fingerprint density at radius 3 is 2.64 bits per heavy atom. The Hall–Kier alpha value is -2.41. The second-order valence-electron chi connectivity index (χ2n) is 6.38. The molecule has 1 heterocycles. The summed E-state index contributed by atoms with van der Waals surface area (Å²) in [5, 5.41) is 6.43. The third kappa shape index (κ3) is 3.37. The minimum absolute atomic E-state index is 0.0691. The van der Waals surface area contributed by atoms with Gasteiger partial charge in [0.25, 0.3) is 5.91 Å². The molecular weight excluding hydrogens is 338 g/mol. The zero-order valence-electron chi connectivity index (χ0n) is 13.9. The number of carbonyl (C=O) groups is 2. The van der Waals surface area contributed by atoms with Crippen molar-refractivity contribution in [3.63, 3.8) is 0 Å². The maximum absolute atomic E-state index is 12.3. The lowest BCUT2D eigenvalue weighted by Gasteiger charge is -2.09. The topological polar surface area (TPSA) is 80.3 Å². The van der Waals surface area contributed by atoms with Crippen molar-refractivity contribution >= 4 is 28.3 Å². The summed E-state index contributed by atoms with van der Waals surface area (Å²) >= 11 is 1.46. The van der Waals surface area contributed by atoms with Gasteiger partial charge >= 0.3 is 0 Å². The quantitative estimate of drug-likeness (QED) is 0.862. The van der Waals surface area contributed by atoms with Crippen molar-refractivity contribution in [2.75, 3.05) is 12.4 Å². The molecule has 1 saturated carbocycles. The van der Waals surface area contributed by atoms with E-state index < -0.39 is 0 Å². The number of hydrogen-bond donors (Lipinski definition) is 2. The van der Waals surface area contributed by atoms with E-state index in [1.165, 1.54) is 11.3 Å². The molecule has 1 atom stereocenters. The Labute approximate surface area is 149 Å². The average Bonchev–Trinajstić information content (AvgIpc) is 3.20. The normalized spacial score (nSPS) is 18.5. The molecule has 1 aromatic carbocycles. The first kappa shape index (κ1) is 16.1. The van der Waals surface area contributed by atoms with Gasteiger partial charge in [0, 0.05) is 16.5 Å². The molecule has 4 rings (SSSR count). The predicted molar refractivity (Wildman–Crippen MR) is 95.3 cm³/mol. The summed E-state index contributed by atoms with van der Waals surface area (Å²) in [6.07, 6.45) is 3.80. The molecule has 2 aliphatic carbocycles. The summed E-state index contributed by atoms with van der Waals surface area (Å²) in [4.78, 5) is 30.3. The number of anilines is 1. The van der Waals surface area contributed by atoms with Crippen LogP contribution in [0.5, 0.6) is 5.75 Å². The number of amides is 2. The van der Waals surface area contributed by atoms with Gasteiger partial charge in [0.2, 0.25) is 5.91 Å². The molecule has 130 valence electrons. The van der Waals surface area contributed by atoms with E-state index in [9.17, 15) is 9.59 Å². The zero-order valence-corrected chi connectivity index (χ0v) is 14.7. The van der Waals surface area contributed by atoms with E-state index in [1.807, 2.05) is 0 Å². The zero-order chi connectivity index (χ0) is 17.4. The van der Waals surface area contributed by atoms with Gasteiger partial charge in [-0.25, -0.2) is 4.98 Å². The molecule has 2 N–H and O–H groups in total. The third-order valence-corrected chi connectivity index (χ3v) is 5.58. The minimum atomic E-state index is -0.214. The number of methoxy groups -OCH3 is 1. The van der Waals surface area contributed by atoms with E-state index in [2.05, 4.69) is 15.6 Å². The Bertz CT molecular complexity index is 811. The second-order valence-corrected chi connectivity index (χ2v) is 7.47. The van der Waals surface area contributed by atoms with Gasteiger partial charge in [0.1, 0.15) is 5.75 Å². The van der Waals surface area contributed by atoms with Gasteiger partial charge < -0.3 is 10.1 Å². The highest BCUT2D eigenvalue weighted by Gasteiger charge is 2.35. The lowest BCUT2D eigenvalue weighted by Crippen LogP contribution is -2.30. The number of benzene rings is 1. The molecule has 7 heteroatoms. The number of ether oxygens (including phenoxy) is 1. The van der Waals surface area contributed by atoms with E-state index in [0.29, 0.717) is 22.5 Å². The van der Waals surface area contributed by atoms with Crippen molar-refractivity contribution in [2.24, 2.45) is 0 Å². The molecule has 2 aromatic rings. The van der Waals surface area contributed by atoms with Crippen LogP contribution in [0.2, 0.25) is 0 Å². The van der Waals surface area contributed by atoms with Crippen LogP contribution in [0.3, 0.4) is 0 Å². The lowest BCUT2D eigenvalue weighted by atomic mass is 10.1. The first-order chi connectivity index (χ1) is 12.1. The van der Waals surface area contributed by atoms with Gasteiger partial charge in [-0.2, -0.15) is 0 Å². The average molecular weight is 357 g/mol. The first-order valence-electron chi connectivity index (χ1n) is 8.39. The molecule has 1 fully saturated rings. The van der Waals surface area contributed by atoms with Crippen LogP contribution in [0.25, 0.3) is 0 Å². The summed E-state index contributed by atoms with van der Waals surface area (Å²) in [7, 11) is 1.59. The molecule has 2 amide bonds. The number of nitrogens with one attached hydrogen (secondary N) is 2. The van der Waals surface area contributed by atoms with Crippen molar-refractivity contribution < 1.29 is 14.3 Å². The minimum Gasteiger partial charge on any atom is -0.497 e. The van der Waals surface area contributed by atoms with Crippen LogP contribution in [0.15, 0.2) is 24.3 Å². The molecule has 25 heavy (non-hydrogen) atoms. The molecule has 0 unspecified atom stereocenters. The van der Waals surface area contributed by atoms with Crippen LogP contribution in [0.1, 0.15) is 46.1 Å². The lowest BCUT2D eigenvalue weighted by molar-refractivity contribution is -0.122. The summed E-state index contributed by atoms with van der Waals surface area (Å²) in [6, 6.07) is 7.26. The van der Waals surface area contributed by atoms with Crippen molar-refractivity contribution in [2.45, 2.75) is 37.6 Å². The van der Waals surface area contributed by atoms with Crippen molar-refractivity contribution in [3.8, 4) is 5.75 Å². The second kappa shape index (κ2) is 6.48.